The van der Waals surface area contributed by atoms with Gasteiger partial charge in [-0.3, -0.25) is 9.36 Å². The Kier molecular flexibility index (Phi) is 5.86. The van der Waals surface area contributed by atoms with Crippen LogP contribution < -0.4 is 10.9 Å². The number of rotatable bonds is 6. The molecule has 1 aliphatic heterocycles. The van der Waals surface area contributed by atoms with Crippen molar-refractivity contribution in [3.05, 3.63) is 92.0 Å². The number of hydrogen-bond acceptors (Lipinski definition) is 7. The summed E-state index contributed by atoms with van der Waals surface area (Å²) in [4.78, 5) is 28.2. The average molecular weight is 430 g/mol. The van der Waals surface area contributed by atoms with Crippen molar-refractivity contribution in [1.29, 1.82) is 5.26 Å². The molecule has 0 unspecified atom stereocenters. The molecule has 0 spiro atoms. The number of hydrogen-bond donors (Lipinski definition) is 2. The van der Waals surface area contributed by atoms with Gasteiger partial charge in [0, 0.05) is 37.1 Å². The first-order valence-corrected chi connectivity index (χ1v) is 10.2. The first-order chi connectivity index (χ1) is 15.4. The predicted octanol–water partition coefficient (Wildman–Crippen LogP) is 2.21. The Morgan fingerprint density at radius 2 is 2.09 bits per heavy atom. The maximum absolute atomic E-state index is 12.3. The standard InChI is InChI=1S/C24H22N4O4/c1-14-7-22(27-10-17(14)8-25)28-12-16(3-6-23(28)30)9-26-11-21(29)18-4-5-19-20(15(18)2)13-32-24(19)31/h3-7,10,12,21,26,29H,9,11,13H2,1-2H3/t21-/m0/s1. The molecule has 0 aliphatic carbocycles. The molecule has 4 rings (SSSR count). The van der Waals surface area contributed by atoms with Gasteiger partial charge in [0.25, 0.3) is 5.56 Å². The van der Waals surface area contributed by atoms with Gasteiger partial charge in [0.05, 0.1) is 17.2 Å². The largest absolute Gasteiger partial charge is 0.457 e. The maximum atomic E-state index is 12.3. The van der Waals surface area contributed by atoms with E-state index in [-0.39, 0.29) is 18.1 Å². The van der Waals surface area contributed by atoms with Crippen LogP contribution in [0, 0.1) is 25.2 Å². The summed E-state index contributed by atoms with van der Waals surface area (Å²) in [5.41, 5.74) is 4.81. The molecule has 0 fully saturated rings. The molecule has 1 atom stereocenters. The summed E-state index contributed by atoms with van der Waals surface area (Å²) in [5, 5.41) is 22.9. The van der Waals surface area contributed by atoms with Crippen molar-refractivity contribution >= 4 is 5.97 Å². The van der Waals surface area contributed by atoms with Crippen molar-refractivity contribution in [2.75, 3.05) is 6.54 Å². The summed E-state index contributed by atoms with van der Waals surface area (Å²) < 4.78 is 6.50. The number of aliphatic hydroxyl groups excluding tert-OH is 1. The number of esters is 1. The molecular weight excluding hydrogens is 408 g/mol. The van der Waals surface area contributed by atoms with Crippen LogP contribution in [-0.2, 0) is 17.9 Å². The Morgan fingerprint density at radius 1 is 1.28 bits per heavy atom. The van der Waals surface area contributed by atoms with E-state index in [1.807, 2.05) is 6.92 Å². The molecule has 0 bridgehead atoms. The number of nitrogens with zero attached hydrogens (tertiary/aromatic N) is 3. The number of benzene rings is 1. The molecule has 2 N–H and O–H groups in total. The van der Waals surface area contributed by atoms with Crippen LogP contribution in [0.4, 0.5) is 0 Å². The zero-order chi connectivity index (χ0) is 22.8. The molecule has 162 valence electrons. The molecule has 0 amide bonds. The van der Waals surface area contributed by atoms with Crippen LogP contribution in [0.2, 0.25) is 0 Å². The number of aliphatic hydroxyl groups is 1. The van der Waals surface area contributed by atoms with Gasteiger partial charge in [-0.05, 0) is 48.2 Å². The Morgan fingerprint density at radius 3 is 2.84 bits per heavy atom. The van der Waals surface area contributed by atoms with E-state index in [0.717, 1.165) is 27.8 Å². The molecule has 2 aromatic heterocycles. The second kappa shape index (κ2) is 8.75. The topological polar surface area (TPSA) is 117 Å². The van der Waals surface area contributed by atoms with E-state index in [2.05, 4.69) is 16.4 Å². The second-order valence-corrected chi connectivity index (χ2v) is 7.74. The molecule has 0 saturated carbocycles. The Bertz CT molecular complexity index is 1310. The highest BCUT2D eigenvalue weighted by atomic mass is 16.5. The number of ether oxygens (including phenoxy) is 1. The van der Waals surface area contributed by atoms with Gasteiger partial charge in [0.2, 0.25) is 0 Å². The predicted molar refractivity (Wildman–Crippen MR) is 116 cm³/mol. The zero-order valence-corrected chi connectivity index (χ0v) is 17.8. The average Bonchev–Trinajstić information content (AvgIpc) is 3.16. The van der Waals surface area contributed by atoms with E-state index in [4.69, 9.17) is 10.00 Å². The number of carbonyl (C=O) groups excluding carboxylic acids is 1. The number of nitrogens with one attached hydrogen (secondary N) is 1. The molecule has 0 radical (unpaired) electrons. The van der Waals surface area contributed by atoms with Crippen LogP contribution in [0.3, 0.4) is 0 Å². The van der Waals surface area contributed by atoms with Gasteiger partial charge in [0.15, 0.2) is 0 Å². The van der Waals surface area contributed by atoms with Crippen LogP contribution in [0.15, 0.2) is 47.5 Å². The molecule has 32 heavy (non-hydrogen) atoms. The number of carbonyl (C=O) groups is 1. The van der Waals surface area contributed by atoms with Gasteiger partial charge >= 0.3 is 5.97 Å². The van der Waals surface area contributed by atoms with Crippen LogP contribution >= 0.6 is 0 Å². The molecule has 8 nitrogen and oxygen atoms in total. The molecule has 3 aromatic rings. The van der Waals surface area contributed by atoms with Crippen molar-refractivity contribution in [3.8, 4) is 11.9 Å². The number of fused-ring (bicyclic) bond motifs is 1. The lowest BCUT2D eigenvalue weighted by atomic mass is 9.95. The van der Waals surface area contributed by atoms with Crippen molar-refractivity contribution < 1.29 is 14.6 Å². The highest BCUT2D eigenvalue weighted by Gasteiger charge is 2.25. The van der Waals surface area contributed by atoms with Crippen LogP contribution in [0.25, 0.3) is 5.82 Å². The van der Waals surface area contributed by atoms with Gasteiger partial charge in [-0.15, -0.1) is 0 Å². The zero-order valence-electron chi connectivity index (χ0n) is 17.8. The fraction of sp³-hybridized carbons (Fsp3) is 0.250. The van der Waals surface area contributed by atoms with Crippen molar-refractivity contribution in [2.45, 2.75) is 33.1 Å². The third-order valence-electron chi connectivity index (χ3n) is 5.67. The number of aromatic nitrogens is 2. The van der Waals surface area contributed by atoms with Crippen LogP contribution in [-0.4, -0.2) is 27.2 Å². The third kappa shape index (κ3) is 4.04. The van der Waals surface area contributed by atoms with E-state index in [1.165, 1.54) is 16.8 Å². The van der Waals surface area contributed by atoms with Gasteiger partial charge in [-0.25, -0.2) is 9.78 Å². The van der Waals surface area contributed by atoms with E-state index < -0.39 is 6.10 Å². The first-order valence-electron chi connectivity index (χ1n) is 10.2. The molecule has 3 heterocycles. The van der Waals surface area contributed by atoms with Gasteiger partial charge in [-0.1, -0.05) is 12.1 Å². The Balaban J connectivity index is 1.46. The molecule has 0 saturated heterocycles. The monoisotopic (exact) mass is 430 g/mol. The SMILES string of the molecule is Cc1cc(-n2cc(CNC[C@H](O)c3ccc4c(c3C)COC4=O)ccc2=O)ncc1C#N. The van der Waals surface area contributed by atoms with Crippen molar-refractivity contribution in [2.24, 2.45) is 0 Å². The highest BCUT2D eigenvalue weighted by molar-refractivity contribution is 5.93. The minimum atomic E-state index is -0.759. The highest BCUT2D eigenvalue weighted by Crippen LogP contribution is 2.28. The summed E-state index contributed by atoms with van der Waals surface area (Å²) in [7, 11) is 0. The summed E-state index contributed by atoms with van der Waals surface area (Å²) >= 11 is 0. The minimum absolute atomic E-state index is 0.226. The molecule has 1 aliphatic rings. The smallest absolute Gasteiger partial charge is 0.338 e. The number of pyridine rings is 2. The Labute approximate surface area is 184 Å². The summed E-state index contributed by atoms with van der Waals surface area (Å²) in [6.07, 6.45) is 2.39. The van der Waals surface area contributed by atoms with Gasteiger partial charge < -0.3 is 15.2 Å². The normalized spacial score (nSPS) is 13.4. The van der Waals surface area contributed by atoms with Crippen molar-refractivity contribution in [3.63, 3.8) is 0 Å². The van der Waals surface area contributed by atoms with E-state index >= 15 is 0 Å². The van der Waals surface area contributed by atoms with E-state index in [1.54, 1.807) is 37.4 Å². The van der Waals surface area contributed by atoms with Gasteiger partial charge in [-0.2, -0.15) is 5.26 Å². The van der Waals surface area contributed by atoms with Gasteiger partial charge in [0.1, 0.15) is 18.5 Å². The van der Waals surface area contributed by atoms with Crippen LogP contribution in [0.5, 0.6) is 0 Å². The quantitative estimate of drug-likeness (QED) is 0.576. The number of cyclic esters (lactones) is 1. The van der Waals surface area contributed by atoms with E-state index in [0.29, 0.717) is 30.0 Å². The summed E-state index contributed by atoms with van der Waals surface area (Å²) in [5.74, 6) is 0.114. The second-order valence-electron chi connectivity index (χ2n) is 7.74. The number of nitriles is 1. The number of aryl methyl sites for hydroxylation is 1. The van der Waals surface area contributed by atoms with Crippen molar-refractivity contribution in [1.82, 2.24) is 14.9 Å². The third-order valence-corrected chi connectivity index (χ3v) is 5.67. The maximum Gasteiger partial charge on any atom is 0.338 e. The lowest BCUT2D eigenvalue weighted by Gasteiger charge is -2.16. The van der Waals surface area contributed by atoms with Crippen LogP contribution in [0.1, 0.15) is 49.8 Å². The molecule has 8 heteroatoms. The fourth-order valence-electron chi connectivity index (χ4n) is 3.80. The minimum Gasteiger partial charge on any atom is -0.457 e. The summed E-state index contributed by atoms with van der Waals surface area (Å²) in [6.45, 7) is 4.63. The van der Waals surface area contributed by atoms with E-state index in [9.17, 15) is 14.7 Å². The first kappa shape index (κ1) is 21.4. The molecule has 1 aromatic carbocycles. The lowest BCUT2D eigenvalue weighted by Crippen LogP contribution is -2.24. The molecular formula is C24H22N4O4. The fourth-order valence-corrected chi connectivity index (χ4v) is 3.80. The summed E-state index contributed by atoms with van der Waals surface area (Å²) in [6, 6.07) is 10.4. The Hall–Kier alpha value is -3.80. The lowest BCUT2D eigenvalue weighted by molar-refractivity contribution is 0.0535.